The first-order valence-corrected chi connectivity index (χ1v) is 8.14. The molecule has 0 radical (unpaired) electrons. The van der Waals surface area contributed by atoms with Gasteiger partial charge in [-0.15, -0.1) is 0 Å². The number of nitrogens with one attached hydrogen (secondary N) is 1. The SMILES string of the molecule is Cc1c(CN2CC3CNCC3C2C)n(C)c2ccccc12. The number of hydrogen-bond donors (Lipinski definition) is 1. The zero-order valence-electron chi connectivity index (χ0n) is 13.3. The van der Waals surface area contributed by atoms with Crippen molar-refractivity contribution in [3.8, 4) is 0 Å². The number of nitrogens with zero attached hydrogens (tertiary/aromatic N) is 2. The highest BCUT2D eigenvalue weighted by molar-refractivity contribution is 5.85. The normalized spacial score (nSPS) is 29.4. The van der Waals surface area contributed by atoms with Gasteiger partial charge in [-0.2, -0.15) is 0 Å². The van der Waals surface area contributed by atoms with Crippen LogP contribution in [0.25, 0.3) is 10.9 Å². The molecule has 0 amide bonds. The molecule has 2 aromatic rings. The highest BCUT2D eigenvalue weighted by atomic mass is 15.2. The minimum absolute atomic E-state index is 0.697. The molecule has 0 saturated carbocycles. The number of benzene rings is 1. The van der Waals surface area contributed by atoms with Crippen LogP contribution in [-0.4, -0.2) is 35.1 Å². The average Bonchev–Trinajstić information content (AvgIpc) is 3.13. The van der Waals surface area contributed by atoms with Gasteiger partial charge in [0.05, 0.1) is 0 Å². The predicted octanol–water partition coefficient (Wildman–Crippen LogP) is 2.53. The largest absolute Gasteiger partial charge is 0.346 e. The van der Waals surface area contributed by atoms with Gasteiger partial charge in [0, 0.05) is 42.8 Å². The second-order valence-electron chi connectivity index (χ2n) is 6.90. The highest BCUT2D eigenvalue weighted by Gasteiger charge is 2.41. The average molecular weight is 283 g/mol. The lowest BCUT2D eigenvalue weighted by molar-refractivity contribution is 0.226. The minimum atomic E-state index is 0.697. The molecule has 3 atom stereocenters. The Morgan fingerprint density at radius 3 is 2.81 bits per heavy atom. The van der Waals surface area contributed by atoms with E-state index in [1.807, 2.05) is 0 Å². The Labute approximate surface area is 126 Å². The first-order valence-electron chi connectivity index (χ1n) is 8.14. The Morgan fingerprint density at radius 2 is 2.05 bits per heavy atom. The maximum absolute atomic E-state index is 3.55. The quantitative estimate of drug-likeness (QED) is 0.914. The van der Waals surface area contributed by atoms with E-state index in [4.69, 9.17) is 0 Å². The van der Waals surface area contributed by atoms with Gasteiger partial charge in [0.25, 0.3) is 0 Å². The summed E-state index contributed by atoms with van der Waals surface area (Å²) in [5.74, 6) is 1.70. The van der Waals surface area contributed by atoms with E-state index < -0.39 is 0 Å². The third-order valence-corrected chi connectivity index (χ3v) is 5.92. The molecule has 0 aliphatic carbocycles. The fourth-order valence-electron chi connectivity index (χ4n) is 4.52. The fourth-order valence-corrected chi connectivity index (χ4v) is 4.52. The van der Waals surface area contributed by atoms with Crippen LogP contribution in [0.2, 0.25) is 0 Å². The number of para-hydroxylation sites is 1. The second-order valence-corrected chi connectivity index (χ2v) is 6.90. The summed E-state index contributed by atoms with van der Waals surface area (Å²) < 4.78 is 2.39. The first kappa shape index (κ1) is 13.4. The number of likely N-dealkylation sites (tertiary alicyclic amines) is 1. The van der Waals surface area contributed by atoms with Crippen molar-refractivity contribution in [2.75, 3.05) is 19.6 Å². The molecule has 2 aliphatic rings. The summed E-state index contributed by atoms with van der Waals surface area (Å²) in [6, 6.07) is 9.47. The minimum Gasteiger partial charge on any atom is -0.346 e. The Kier molecular flexibility index (Phi) is 3.09. The van der Waals surface area contributed by atoms with Crippen LogP contribution in [0.3, 0.4) is 0 Å². The molecular weight excluding hydrogens is 258 g/mol. The lowest BCUT2D eigenvalue weighted by Gasteiger charge is -2.25. The van der Waals surface area contributed by atoms with Crippen molar-refractivity contribution < 1.29 is 0 Å². The Bertz CT molecular complexity index is 633. The van der Waals surface area contributed by atoms with E-state index >= 15 is 0 Å². The third kappa shape index (κ3) is 1.95. The van der Waals surface area contributed by atoms with E-state index in [0.29, 0.717) is 6.04 Å². The number of rotatable bonds is 2. The standard InChI is InChI=1S/C18H25N3/c1-12-15-6-4-5-7-17(15)20(3)18(12)11-21-10-14-8-19-9-16(14)13(21)2/h4-7,13-14,16,19H,8-11H2,1-3H3. The van der Waals surface area contributed by atoms with Gasteiger partial charge in [-0.05, 0) is 50.4 Å². The molecule has 3 nitrogen and oxygen atoms in total. The van der Waals surface area contributed by atoms with Gasteiger partial charge in [0.2, 0.25) is 0 Å². The summed E-state index contributed by atoms with van der Waals surface area (Å²) in [6.07, 6.45) is 0. The zero-order valence-corrected chi connectivity index (χ0v) is 13.3. The van der Waals surface area contributed by atoms with Crippen molar-refractivity contribution in [3.05, 3.63) is 35.5 Å². The molecule has 3 unspecified atom stereocenters. The maximum atomic E-state index is 3.55. The molecule has 2 aliphatic heterocycles. The summed E-state index contributed by atoms with van der Waals surface area (Å²) in [5, 5.41) is 4.96. The van der Waals surface area contributed by atoms with E-state index in [-0.39, 0.29) is 0 Å². The number of hydrogen-bond acceptors (Lipinski definition) is 2. The molecule has 3 heterocycles. The van der Waals surface area contributed by atoms with Crippen LogP contribution >= 0.6 is 0 Å². The van der Waals surface area contributed by atoms with Crippen LogP contribution in [-0.2, 0) is 13.6 Å². The summed E-state index contributed by atoms with van der Waals surface area (Å²) >= 11 is 0. The van der Waals surface area contributed by atoms with Crippen molar-refractivity contribution >= 4 is 10.9 Å². The molecule has 112 valence electrons. The number of fused-ring (bicyclic) bond motifs is 2. The molecule has 1 aromatic carbocycles. The molecule has 1 aromatic heterocycles. The molecule has 0 spiro atoms. The van der Waals surface area contributed by atoms with E-state index in [1.54, 1.807) is 0 Å². The van der Waals surface area contributed by atoms with Crippen LogP contribution in [0.1, 0.15) is 18.2 Å². The maximum Gasteiger partial charge on any atom is 0.0483 e. The van der Waals surface area contributed by atoms with E-state index in [9.17, 15) is 0 Å². The highest BCUT2D eigenvalue weighted by Crippen LogP contribution is 2.34. The monoisotopic (exact) mass is 283 g/mol. The van der Waals surface area contributed by atoms with E-state index in [1.165, 1.54) is 41.8 Å². The van der Waals surface area contributed by atoms with Crippen LogP contribution in [0, 0.1) is 18.8 Å². The third-order valence-electron chi connectivity index (χ3n) is 5.92. The van der Waals surface area contributed by atoms with Crippen LogP contribution in [0.15, 0.2) is 24.3 Å². The Morgan fingerprint density at radius 1 is 1.24 bits per heavy atom. The smallest absolute Gasteiger partial charge is 0.0483 e. The zero-order chi connectivity index (χ0) is 14.6. The van der Waals surface area contributed by atoms with Gasteiger partial charge in [-0.1, -0.05) is 18.2 Å². The second kappa shape index (κ2) is 4.85. The molecule has 3 heteroatoms. The lowest BCUT2D eigenvalue weighted by atomic mass is 9.95. The molecule has 0 bridgehead atoms. The predicted molar refractivity (Wildman–Crippen MR) is 87.4 cm³/mol. The van der Waals surface area contributed by atoms with Gasteiger partial charge in [-0.3, -0.25) is 4.90 Å². The fraction of sp³-hybridized carbons (Fsp3) is 0.556. The molecule has 21 heavy (non-hydrogen) atoms. The van der Waals surface area contributed by atoms with Crippen molar-refractivity contribution in [2.24, 2.45) is 18.9 Å². The summed E-state index contributed by atoms with van der Waals surface area (Å²) in [4.78, 5) is 2.69. The van der Waals surface area contributed by atoms with Gasteiger partial charge in [-0.25, -0.2) is 0 Å². The van der Waals surface area contributed by atoms with Crippen LogP contribution < -0.4 is 5.32 Å². The Hall–Kier alpha value is -1.32. The van der Waals surface area contributed by atoms with E-state index in [0.717, 1.165) is 18.4 Å². The summed E-state index contributed by atoms with van der Waals surface area (Å²) in [5.41, 5.74) is 4.30. The van der Waals surface area contributed by atoms with Crippen molar-refractivity contribution in [3.63, 3.8) is 0 Å². The van der Waals surface area contributed by atoms with Crippen molar-refractivity contribution in [1.29, 1.82) is 0 Å². The summed E-state index contributed by atoms with van der Waals surface area (Å²) in [7, 11) is 2.22. The van der Waals surface area contributed by atoms with Crippen molar-refractivity contribution in [1.82, 2.24) is 14.8 Å². The Balaban J connectivity index is 1.66. The van der Waals surface area contributed by atoms with Crippen molar-refractivity contribution in [2.45, 2.75) is 26.4 Å². The van der Waals surface area contributed by atoms with Gasteiger partial charge >= 0.3 is 0 Å². The van der Waals surface area contributed by atoms with Crippen LogP contribution in [0.4, 0.5) is 0 Å². The van der Waals surface area contributed by atoms with Gasteiger partial charge in [0.1, 0.15) is 0 Å². The summed E-state index contributed by atoms with van der Waals surface area (Å²) in [6.45, 7) is 9.44. The first-order chi connectivity index (χ1) is 10.2. The van der Waals surface area contributed by atoms with E-state index in [2.05, 4.69) is 59.9 Å². The molecule has 2 fully saturated rings. The topological polar surface area (TPSA) is 20.2 Å². The van der Waals surface area contributed by atoms with Crippen LogP contribution in [0.5, 0.6) is 0 Å². The molecular formula is C18H25N3. The molecule has 4 rings (SSSR count). The molecule has 1 N–H and O–H groups in total. The van der Waals surface area contributed by atoms with Gasteiger partial charge < -0.3 is 9.88 Å². The molecule has 2 saturated heterocycles. The lowest BCUT2D eigenvalue weighted by Crippen LogP contribution is -2.33. The number of aryl methyl sites for hydroxylation is 2. The number of aromatic nitrogens is 1. The van der Waals surface area contributed by atoms with Gasteiger partial charge in [0.15, 0.2) is 0 Å².